The highest BCUT2D eigenvalue weighted by Gasteiger charge is 2.24. The summed E-state index contributed by atoms with van der Waals surface area (Å²) in [6.07, 6.45) is 2.23. The minimum absolute atomic E-state index is 0.199. The number of benzene rings is 1. The molecule has 1 aliphatic heterocycles. The van der Waals surface area contributed by atoms with E-state index in [1.807, 2.05) is 24.0 Å². The van der Waals surface area contributed by atoms with Gasteiger partial charge in [-0.05, 0) is 57.3 Å². The van der Waals surface area contributed by atoms with E-state index < -0.39 is 0 Å². The third-order valence-electron chi connectivity index (χ3n) is 4.20. The van der Waals surface area contributed by atoms with Crippen molar-refractivity contribution in [3.05, 3.63) is 34.9 Å². The minimum atomic E-state index is 0.199. The molecule has 0 unspecified atom stereocenters. The van der Waals surface area contributed by atoms with E-state index in [2.05, 4.69) is 25.2 Å². The number of hydrogen-bond acceptors (Lipinski definition) is 2. The lowest BCUT2D eigenvalue weighted by molar-refractivity contribution is 0.0689. The summed E-state index contributed by atoms with van der Waals surface area (Å²) in [5.41, 5.74) is 3.16. The van der Waals surface area contributed by atoms with Gasteiger partial charge in [0.15, 0.2) is 0 Å². The Morgan fingerprint density at radius 1 is 1.30 bits per heavy atom. The molecule has 1 aliphatic rings. The van der Waals surface area contributed by atoms with Crippen LogP contribution in [0, 0.1) is 19.8 Å². The van der Waals surface area contributed by atoms with Gasteiger partial charge in [0.05, 0.1) is 0 Å². The second-order valence-corrected chi connectivity index (χ2v) is 5.86. The van der Waals surface area contributed by atoms with E-state index in [-0.39, 0.29) is 5.91 Å². The highest BCUT2D eigenvalue weighted by Crippen LogP contribution is 2.20. The second kappa shape index (κ2) is 6.89. The van der Waals surface area contributed by atoms with Crippen molar-refractivity contribution >= 4 is 5.91 Å². The van der Waals surface area contributed by atoms with Crippen molar-refractivity contribution in [2.75, 3.05) is 26.2 Å². The zero-order valence-electron chi connectivity index (χ0n) is 12.9. The molecular formula is C17H26N2O. The standard InChI is InChI=1S/C17H26N2O/c1-4-18-12-15-7-9-19(10-8-15)17(20)16-6-5-13(2)11-14(16)3/h5-6,11,15,18H,4,7-10,12H2,1-3H3. The van der Waals surface area contributed by atoms with Crippen molar-refractivity contribution in [2.24, 2.45) is 5.92 Å². The molecular weight excluding hydrogens is 248 g/mol. The average molecular weight is 274 g/mol. The van der Waals surface area contributed by atoms with Crippen LogP contribution in [0.3, 0.4) is 0 Å². The maximum absolute atomic E-state index is 12.6. The Morgan fingerprint density at radius 3 is 2.60 bits per heavy atom. The van der Waals surface area contributed by atoms with Gasteiger partial charge in [0.25, 0.3) is 5.91 Å². The van der Waals surface area contributed by atoms with Crippen LogP contribution < -0.4 is 5.32 Å². The molecule has 0 spiro atoms. The fourth-order valence-electron chi connectivity index (χ4n) is 2.91. The van der Waals surface area contributed by atoms with E-state index in [4.69, 9.17) is 0 Å². The molecule has 0 aliphatic carbocycles. The number of aryl methyl sites for hydroxylation is 2. The molecule has 1 saturated heterocycles. The van der Waals surface area contributed by atoms with Gasteiger partial charge >= 0.3 is 0 Å². The second-order valence-electron chi connectivity index (χ2n) is 5.86. The van der Waals surface area contributed by atoms with E-state index in [9.17, 15) is 4.79 Å². The van der Waals surface area contributed by atoms with E-state index in [0.717, 1.165) is 56.1 Å². The van der Waals surface area contributed by atoms with Gasteiger partial charge in [0.2, 0.25) is 0 Å². The van der Waals surface area contributed by atoms with Gasteiger partial charge < -0.3 is 10.2 Å². The predicted octanol–water partition coefficient (Wildman–Crippen LogP) is 2.77. The molecule has 0 aromatic heterocycles. The summed E-state index contributed by atoms with van der Waals surface area (Å²) in [5, 5.41) is 3.41. The third kappa shape index (κ3) is 3.60. The Bertz CT molecular complexity index is 462. The highest BCUT2D eigenvalue weighted by atomic mass is 16.2. The molecule has 2 rings (SSSR count). The van der Waals surface area contributed by atoms with Crippen molar-refractivity contribution in [3.8, 4) is 0 Å². The number of likely N-dealkylation sites (tertiary alicyclic amines) is 1. The summed E-state index contributed by atoms with van der Waals surface area (Å²) in [5.74, 6) is 0.919. The molecule has 0 atom stereocenters. The predicted molar refractivity (Wildman–Crippen MR) is 83.1 cm³/mol. The van der Waals surface area contributed by atoms with Crippen molar-refractivity contribution in [1.29, 1.82) is 0 Å². The maximum atomic E-state index is 12.6. The van der Waals surface area contributed by atoms with Crippen molar-refractivity contribution in [3.63, 3.8) is 0 Å². The number of piperidine rings is 1. The molecule has 0 radical (unpaired) electrons. The summed E-state index contributed by atoms with van der Waals surface area (Å²) in [7, 11) is 0. The molecule has 0 saturated carbocycles. The third-order valence-corrected chi connectivity index (χ3v) is 4.20. The van der Waals surface area contributed by atoms with E-state index in [1.165, 1.54) is 5.56 Å². The Hall–Kier alpha value is -1.35. The van der Waals surface area contributed by atoms with Crippen molar-refractivity contribution in [1.82, 2.24) is 10.2 Å². The van der Waals surface area contributed by atoms with Crippen LogP contribution in [0.25, 0.3) is 0 Å². The Morgan fingerprint density at radius 2 is 2.00 bits per heavy atom. The monoisotopic (exact) mass is 274 g/mol. The molecule has 1 amide bonds. The van der Waals surface area contributed by atoms with Crippen LogP contribution in [-0.2, 0) is 0 Å². The van der Waals surface area contributed by atoms with E-state index in [1.54, 1.807) is 0 Å². The van der Waals surface area contributed by atoms with Crippen LogP contribution in [0.5, 0.6) is 0 Å². The fraction of sp³-hybridized carbons (Fsp3) is 0.588. The lowest BCUT2D eigenvalue weighted by Gasteiger charge is -2.32. The maximum Gasteiger partial charge on any atom is 0.254 e. The Balaban J connectivity index is 1.94. The van der Waals surface area contributed by atoms with Gasteiger partial charge in [-0.25, -0.2) is 0 Å². The topological polar surface area (TPSA) is 32.3 Å². The quantitative estimate of drug-likeness (QED) is 0.915. The highest BCUT2D eigenvalue weighted by molar-refractivity contribution is 5.95. The molecule has 3 heteroatoms. The van der Waals surface area contributed by atoms with Gasteiger partial charge in [0, 0.05) is 18.7 Å². The smallest absolute Gasteiger partial charge is 0.254 e. The first-order chi connectivity index (χ1) is 9.61. The fourth-order valence-corrected chi connectivity index (χ4v) is 2.91. The average Bonchev–Trinajstić information content (AvgIpc) is 2.45. The number of carbonyl (C=O) groups excluding carboxylic acids is 1. The number of rotatable bonds is 4. The summed E-state index contributed by atoms with van der Waals surface area (Å²) in [6, 6.07) is 6.08. The normalized spacial score (nSPS) is 16.4. The molecule has 1 aromatic rings. The van der Waals surface area contributed by atoms with Crippen LogP contribution in [-0.4, -0.2) is 37.0 Å². The van der Waals surface area contributed by atoms with Gasteiger partial charge in [-0.1, -0.05) is 24.6 Å². The van der Waals surface area contributed by atoms with Crippen LogP contribution >= 0.6 is 0 Å². The van der Waals surface area contributed by atoms with Gasteiger partial charge in [-0.15, -0.1) is 0 Å². The number of hydrogen-bond donors (Lipinski definition) is 1. The number of amides is 1. The van der Waals surface area contributed by atoms with Gasteiger partial charge in [0.1, 0.15) is 0 Å². The summed E-state index contributed by atoms with van der Waals surface area (Å²) < 4.78 is 0. The lowest BCUT2D eigenvalue weighted by Crippen LogP contribution is -2.41. The van der Waals surface area contributed by atoms with E-state index >= 15 is 0 Å². The van der Waals surface area contributed by atoms with Crippen LogP contribution in [0.15, 0.2) is 18.2 Å². The zero-order valence-corrected chi connectivity index (χ0v) is 12.9. The minimum Gasteiger partial charge on any atom is -0.339 e. The molecule has 0 bridgehead atoms. The first-order valence-electron chi connectivity index (χ1n) is 7.69. The van der Waals surface area contributed by atoms with Crippen molar-refractivity contribution in [2.45, 2.75) is 33.6 Å². The Labute approximate surface area is 122 Å². The molecule has 110 valence electrons. The SMILES string of the molecule is CCNCC1CCN(C(=O)c2ccc(C)cc2C)CC1. The summed E-state index contributed by atoms with van der Waals surface area (Å²) >= 11 is 0. The number of nitrogens with one attached hydrogen (secondary N) is 1. The summed E-state index contributed by atoms with van der Waals surface area (Å²) in [6.45, 7) is 10.1. The first-order valence-corrected chi connectivity index (χ1v) is 7.69. The Kier molecular flexibility index (Phi) is 5.18. The number of carbonyl (C=O) groups is 1. The molecule has 1 heterocycles. The molecule has 3 nitrogen and oxygen atoms in total. The summed E-state index contributed by atoms with van der Waals surface area (Å²) in [4.78, 5) is 14.6. The van der Waals surface area contributed by atoms with Crippen molar-refractivity contribution < 1.29 is 4.79 Å². The first kappa shape index (κ1) is 15.0. The van der Waals surface area contributed by atoms with Crippen LogP contribution in [0.2, 0.25) is 0 Å². The van der Waals surface area contributed by atoms with Gasteiger partial charge in [-0.2, -0.15) is 0 Å². The molecule has 1 fully saturated rings. The molecule has 1 aromatic carbocycles. The largest absolute Gasteiger partial charge is 0.339 e. The van der Waals surface area contributed by atoms with Gasteiger partial charge in [-0.3, -0.25) is 4.79 Å². The lowest BCUT2D eigenvalue weighted by atomic mass is 9.95. The van der Waals surface area contributed by atoms with Crippen LogP contribution in [0.1, 0.15) is 41.3 Å². The van der Waals surface area contributed by atoms with Crippen LogP contribution in [0.4, 0.5) is 0 Å². The molecule has 20 heavy (non-hydrogen) atoms. The number of nitrogens with zero attached hydrogens (tertiary/aromatic N) is 1. The molecule has 1 N–H and O–H groups in total. The zero-order chi connectivity index (χ0) is 14.5. The van der Waals surface area contributed by atoms with E-state index in [0.29, 0.717) is 0 Å².